The first kappa shape index (κ1) is 11.2. The van der Waals surface area contributed by atoms with Crippen LogP contribution in [0.25, 0.3) is 6.08 Å². The molecule has 0 saturated heterocycles. The van der Waals surface area contributed by atoms with Crippen molar-refractivity contribution in [3.8, 4) is 6.07 Å². The maximum absolute atomic E-state index is 8.90. The summed E-state index contributed by atoms with van der Waals surface area (Å²) in [6, 6.07) is 6.08. The van der Waals surface area contributed by atoms with Gasteiger partial charge in [0, 0.05) is 6.42 Å². The summed E-state index contributed by atoms with van der Waals surface area (Å²) in [4.78, 5) is 0. The molecule has 0 aliphatic rings. The molecule has 0 saturated carbocycles. The first-order valence-electron chi connectivity index (χ1n) is 4.86. The van der Waals surface area contributed by atoms with E-state index in [0.717, 1.165) is 22.3 Å². The van der Waals surface area contributed by atoms with E-state index in [1.165, 1.54) is 6.21 Å². The lowest BCUT2D eigenvalue weighted by atomic mass is 10.0. The van der Waals surface area contributed by atoms with Gasteiger partial charge in [-0.2, -0.15) is 5.26 Å². The van der Waals surface area contributed by atoms with Crippen LogP contribution in [0.4, 0.5) is 0 Å². The summed E-state index contributed by atoms with van der Waals surface area (Å²) in [6.45, 7) is 3.97. The quantitative estimate of drug-likeness (QED) is 0.745. The van der Waals surface area contributed by atoms with Crippen molar-refractivity contribution in [1.29, 1.82) is 10.7 Å². The smallest absolute Gasteiger partial charge is 0.0994 e. The second-order valence-corrected chi connectivity index (χ2v) is 3.48. The van der Waals surface area contributed by atoms with Gasteiger partial charge in [-0.25, -0.2) is 0 Å². The Hall–Kier alpha value is -1.88. The van der Waals surface area contributed by atoms with Crippen LogP contribution in [0, 0.1) is 30.6 Å². The number of hydrogen-bond acceptors (Lipinski definition) is 2. The van der Waals surface area contributed by atoms with Gasteiger partial charge >= 0.3 is 0 Å². The van der Waals surface area contributed by atoms with Crippen molar-refractivity contribution in [2.24, 2.45) is 0 Å². The first-order chi connectivity index (χ1) is 7.19. The summed E-state index contributed by atoms with van der Waals surface area (Å²) in [5.74, 6) is 0. The van der Waals surface area contributed by atoms with E-state index in [1.54, 1.807) is 0 Å². The van der Waals surface area contributed by atoms with Crippen molar-refractivity contribution >= 4 is 12.3 Å². The molecule has 0 unspecified atom stereocenters. The van der Waals surface area contributed by atoms with Gasteiger partial charge in [-0.05, 0) is 42.8 Å². The largest absolute Gasteiger partial charge is 0.313 e. The summed E-state index contributed by atoms with van der Waals surface area (Å²) in [5, 5.41) is 15.8. The molecule has 76 valence electrons. The molecule has 1 aromatic carbocycles. The van der Waals surface area contributed by atoms with E-state index in [-0.39, 0.29) is 0 Å². The Bertz CT molecular complexity index is 437. The predicted molar refractivity (Wildman–Crippen MR) is 63.1 cm³/mol. The molecule has 0 atom stereocenters. The van der Waals surface area contributed by atoms with Crippen LogP contribution in [0.5, 0.6) is 0 Å². The van der Waals surface area contributed by atoms with E-state index in [0.29, 0.717) is 6.42 Å². The highest BCUT2D eigenvalue weighted by atomic mass is 14.3. The van der Waals surface area contributed by atoms with Gasteiger partial charge in [0.1, 0.15) is 0 Å². The molecule has 1 N–H and O–H groups in total. The number of hydrogen-bond donors (Lipinski definition) is 1. The zero-order valence-corrected chi connectivity index (χ0v) is 9.04. The van der Waals surface area contributed by atoms with Crippen molar-refractivity contribution in [3.63, 3.8) is 0 Å². The summed E-state index contributed by atoms with van der Waals surface area (Å²) >= 11 is 0. The number of nitrogens with zero attached hydrogens (tertiary/aromatic N) is 1. The van der Waals surface area contributed by atoms with Crippen LogP contribution < -0.4 is 0 Å². The molecule has 2 heteroatoms. The fourth-order valence-electron chi connectivity index (χ4n) is 1.43. The average Bonchev–Trinajstić information content (AvgIpc) is 2.21. The zero-order valence-electron chi connectivity index (χ0n) is 9.04. The van der Waals surface area contributed by atoms with Crippen molar-refractivity contribution in [2.45, 2.75) is 20.3 Å². The van der Waals surface area contributed by atoms with Crippen LogP contribution in [0.15, 0.2) is 18.2 Å². The minimum atomic E-state index is 0.634. The number of rotatable bonds is 3. The van der Waals surface area contributed by atoms with Crippen LogP contribution in [-0.2, 0) is 0 Å². The molecular formula is C13H14N2. The Labute approximate surface area is 90.4 Å². The summed E-state index contributed by atoms with van der Waals surface area (Å²) in [7, 11) is 0. The molecule has 0 bridgehead atoms. The number of nitrogens with one attached hydrogen (secondary N) is 1. The molecule has 0 heterocycles. The van der Waals surface area contributed by atoms with E-state index in [9.17, 15) is 0 Å². The van der Waals surface area contributed by atoms with Crippen molar-refractivity contribution in [2.75, 3.05) is 0 Å². The standard InChI is InChI=1S/C13H14N2/c1-10-7-11(2)13(9-15)8-12(10)5-3-4-6-14/h3,5-8,14H,4H2,1-2H3/b5-3-,14-6?. The van der Waals surface area contributed by atoms with Crippen molar-refractivity contribution in [1.82, 2.24) is 0 Å². The van der Waals surface area contributed by atoms with Gasteiger partial charge in [0.05, 0.1) is 11.6 Å². The Morgan fingerprint density at radius 2 is 2.07 bits per heavy atom. The molecule has 0 fully saturated rings. The Balaban J connectivity index is 3.08. The van der Waals surface area contributed by atoms with Crippen LogP contribution in [-0.4, -0.2) is 6.21 Å². The van der Waals surface area contributed by atoms with Crippen LogP contribution >= 0.6 is 0 Å². The molecule has 0 aliphatic carbocycles. The molecule has 1 aromatic rings. The topological polar surface area (TPSA) is 47.6 Å². The van der Waals surface area contributed by atoms with Gasteiger partial charge < -0.3 is 5.41 Å². The molecule has 0 amide bonds. The third-order valence-corrected chi connectivity index (χ3v) is 2.28. The summed E-state index contributed by atoms with van der Waals surface area (Å²) < 4.78 is 0. The number of allylic oxidation sites excluding steroid dienone is 1. The Morgan fingerprint density at radius 3 is 2.67 bits per heavy atom. The first-order valence-corrected chi connectivity index (χ1v) is 4.86. The second kappa shape index (κ2) is 5.11. The minimum Gasteiger partial charge on any atom is -0.313 e. The van der Waals surface area contributed by atoms with E-state index < -0.39 is 0 Å². The molecule has 0 aliphatic heterocycles. The van der Waals surface area contributed by atoms with E-state index in [1.807, 2.05) is 38.1 Å². The van der Waals surface area contributed by atoms with Crippen molar-refractivity contribution < 1.29 is 0 Å². The lowest BCUT2D eigenvalue weighted by Gasteiger charge is -2.04. The molecular weight excluding hydrogens is 184 g/mol. The lowest BCUT2D eigenvalue weighted by molar-refractivity contribution is 1.33. The van der Waals surface area contributed by atoms with Crippen LogP contribution in [0.2, 0.25) is 0 Å². The van der Waals surface area contributed by atoms with Gasteiger partial charge in [0.2, 0.25) is 0 Å². The maximum atomic E-state index is 8.90. The van der Waals surface area contributed by atoms with E-state index in [2.05, 4.69) is 6.07 Å². The van der Waals surface area contributed by atoms with Crippen LogP contribution in [0.1, 0.15) is 28.7 Å². The van der Waals surface area contributed by atoms with Gasteiger partial charge in [0.25, 0.3) is 0 Å². The van der Waals surface area contributed by atoms with Gasteiger partial charge in [-0.15, -0.1) is 0 Å². The zero-order chi connectivity index (χ0) is 11.3. The Morgan fingerprint density at radius 1 is 1.33 bits per heavy atom. The third-order valence-electron chi connectivity index (χ3n) is 2.28. The van der Waals surface area contributed by atoms with Gasteiger partial charge in [-0.3, -0.25) is 0 Å². The van der Waals surface area contributed by atoms with Gasteiger partial charge in [-0.1, -0.05) is 18.2 Å². The minimum absolute atomic E-state index is 0.634. The fraction of sp³-hybridized carbons (Fsp3) is 0.231. The highest BCUT2D eigenvalue weighted by Gasteiger charge is 2.01. The molecule has 0 aromatic heterocycles. The predicted octanol–water partition coefficient (Wildman–Crippen LogP) is 3.23. The van der Waals surface area contributed by atoms with Crippen molar-refractivity contribution in [3.05, 3.63) is 40.5 Å². The fourth-order valence-corrected chi connectivity index (χ4v) is 1.43. The summed E-state index contributed by atoms with van der Waals surface area (Å²) in [5.41, 5.74) is 3.95. The molecule has 15 heavy (non-hydrogen) atoms. The highest BCUT2D eigenvalue weighted by Crippen LogP contribution is 2.16. The SMILES string of the molecule is Cc1cc(C)c(/C=C\CC=N)cc1C#N. The number of aryl methyl sites for hydroxylation is 2. The lowest BCUT2D eigenvalue weighted by Crippen LogP contribution is -1.88. The normalized spacial score (nSPS) is 10.2. The monoisotopic (exact) mass is 198 g/mol. The molecule has 1 rings (SSSR count). The van der Waals surface area contributed by atoms with Gasteiger partial charge in [0.15, 0.2) is 0 Å². The summed E-state index contributed by atoms with van der Waals surface area (Å²) in [6.07, 6.45) is 5.87. The molecule has 0 spiro atoms. The number of benzene rings is 1. The number of nitriles is 1. The van der Waals surface area contributed by atoms with E-state index >= 15 is 0 Å². The average molecular weight is 198 g/mol. The molecule has 0 radical (unpaired) electrons. The highest BCUT2D eigenvalue weighted by molar-refractivity contribution is 5.62. The third kappa shape index (κ3) is 2.78. The molecule has 2 nitrogen and oxygen atoms in total. The maximum Gasteiger partial charge on any atom is 0.0994 e. The van der Waals surface area contributed by atoms with E-state index in [4.69, 9.17) is 10.7 Å². The van der Waals surface area contributed by atoms with Crippen LogP contribution in [0.3, 0.4) is 0 Å². The Kier molecular flexibility index (Phi) is 3.82. The second-order valence-electron chi connectivity index (χ2n) is 3.48.